The summed E-state index contributed by atoms with van der Waals surface area (Å²) >= 11 is 1.95. The number of amides is 1. The molecular formula is C13H19N3OS. The van der Waals surface area contributed by atoms with Crippen molar-refractivity contribution in [1.29, 1.82) is 0 Å². The van der Waals surface area contributed by atoms with Crippen molar-refractivity contribution in [3.05, 3.63) is 23.9 Å². The highest BCUT2D eigenvalue weighted by Gasteiger charge is 2.29. The number of hydrogen-bond acceptors (Lipinski definition) is 4. The first-order valence-corrected chi connectivity index (χ1v) is 7.17. The Kier molecular flexibility index (Phi) is 4.11. The smallest absolute Gasteiger partial charge is 0.251 e. The maximum absolute atomic E-state index is 12.0. The van der Waals surface area contributed by atoms with Crippen LogP contribution in [0.15, 0.2) is 18.3 Å². The van der Waals surface area contributed by atoms with E-state index in [0.717, 1.165) is 6.54 Å². The van der Waals surface area contributed by atoms with Gasteiger partial charge in [0, 0.05) is 30.1 Å². The standard InChI is InChI=1S/C13H19N3OS/c1-13(5-3-7-18-13)9-16-12(17)10-4-6-15-11(8-10)14-2/h4,6,8H,3,5,7,9H2,1-2H3,(H,14,15)(H,16,17). The predicted octanol–water partition coefficient (Wildman–Crippen LogP) is 2.14. The van der Waals surface area contributed by atoms with Crippen LogP contribution in [-0.4, -0.2) is 35.0 Å². The zero-order valence-electron chi connectivity index (χ0n) is 10.8. The van der Waals surface area contributed by atoms with Gasteiger partial charge < -0.3 is 10.6 Å². The molecule has 0 aromatic carbocycles. The zero-order chi connectivity index (χ0) is 13.0. The van der Waals surface area contributed by atoms with Crippen molar-refractivity contribution in [2.24, 2.45) is 0 Å². The number of aromatic nitrogens is 1. The first kappa shape index (κ1) is 13.2. The molecule has 2 N–H and O–H groups in total. The van der Waals surface area contributed by atoms with Gasteiger partial charge in [-0.25, -0.2) is 4.98 Å². The molecule has 1 aromatic heterocycles. The van der Waals surface area contributed by atoms with Crippen LogP contribution in [0.3, 0.4) is 0 Å². The van der Waals surface area contributed by atoms with E-state index in [1.165, 1.54) is 18.6 Å². The van der Waals surface area contributed by atoms with Gasteiger partial charge in [0.05, 0.1) is 0 Å². The first-order chi connectivity index (χ1) is 8.63. The Morgan fingerprint density at radius 2 is 2.44 bits per heavy atom. The molecule has 1 amide bonds. The van der Waals surface area contributed by atoms with Gasteiger partial charge in [-0.3, -0.25) is 4.79 Å². The molecule has 1 fully saturated rings. The molecule has 0 saturated carbocycles. The van der Waals surface area contributed by atoms with E-state index >= 15 is 0 Å². The highest BCUT2D eigenvalue weighted by molar-refractivity contribution is 8.00. The summed E-state index contributed by atoms with van der Waals surface area (Å²) in [6, 6.07) is 3.50. The summed E-state index contributed by atoms with van der Waals surface area (Å²) in [6.07, 6.45) is 4.07. The van der Waals surface area contributed by atoms with Gasteiger partial charge in [-0.05, 0) is 37.7 Å². The summed E-state index contributed by atoms with van der Waals surface area (Å²) in [4.78, 5) is 16.1. The summed E-state index contributed by atoms with van der Waals surface area (Å²) in [5.41, 5.74) is 0.654. The lowest BCUT2D eigenvalue weighted by Gasteiger charge is -2.22. The van der Waals surface area contributed by atoms with Crippen LogP contribution in [0.5, 0.6) is 0 Å². The SMILES string of the molecule is CNc1cc(C(=O)NCC2(C)CCCS2)ccn1. The maximum Gasteiger partial charge on any atom is 0.251 e. The highest BCUT2D eigenvalue weighted by atomic mass is 32.2. The normalized spacial score (nSPS) is 22.8. The van der Waals surface area contributed by atoms with Crippen LogP contribution < -0.4 is 10.6 Å². The molecule has 0 radical (unpaired) electrons. The monoisotopic (exact) mass is 265 g/mol. The number of pyridine rings is 1. The lowest BCUT2D eigenvalue weighted by molar-refractivity contribution is 0.0950. The molecule has 5 heteroatoms. The van der Waals surface area contributed by atoms with Crippen molar-refractivity contribution >= 4 is 23.5 Å². The largest absolute Gasteiger partial charge is 0.373 e. The molecule has 2 heterocycles. The van der Waals surface area contributed by atoms with Crippen LogP contribution in [0.1, 0.15) is 30.1 Å². The Balaban J connectivity index is 1.94. The van der Waals surface area contributed by atoms with Crippen molar-refractivity contribution in [3.8, 4) is 0 Å². The van der Waals surface area contributed by atoms with Crippen molar-refractivity contribution in [2.75, 3.05) is 24.7 Å². The van der Waals surface area contributed by atoms with E-state index in [9.17, 15) is 4.79 Å². The molecule has 1 saturated heterocycles. The molecule has 1 aromatic rings. The van der Waals surface area contributed by atoms with Crippen molar-refractivity contribution in [3.63, 3.8) is 0 Å². The topological polar surface area (TPSA) is 54.0 Å². The van der Waals surface area contributed by atoms with E-state index in [0.29, 0.717) is 11.4 Å². The fourth-order valence-corrected chi connectivity index (χ4v) is 3.30. The van der Waals surface area contributed by atoms with Crippen LogP contribution >= 0.6 is 11.8 Å². The van der Waals surface area contributed by atoms with Crippen molar-refractivity contribution in [1.82, 2.24) is 10.3 Å². The third kappa shape index (κ3) is 3.16. The Morgan fingerprint density at radius 1 is 1.61 bits per heavy atom. The third-order valence-corrected chi connectivity index (χ3v) is 4.74. The average molecular weight is 265 g/mol. The molecule has 98 valence electrons. The lowest BCUT2D eigenvalue weighted by Crippen LogP contribution is -2.36. The van der Waals surface area contributed by atoms with Crippen LogP contribution in [0.25, 0.3) is 0 Å². The van der Waals surface area contributed by atoms with E-state index in [1.54, 1.807) is 25.4 Å². The van der Waals surface area contributed by atoms with Crippen LogP contribution in [0, 0.1) is 0 Å². The predicted molar refractivity (Wildman–Crippen MR) is 76.2 cm³/mol. The molecule has 0 aliphatic carbocycles. The average Bonchev–Trinajstić information content (AvgIpc) is 2.83. The molecule has 2 rings (SSSR count). The van der Waals surface area contributed by atoms with Gasteiger partial charge in [0.1, 0.15) is 5.82 Å². The Bertz CT molecular complexity index is 430. The summed E-state index contributed by atoms with van der Waals surface area (Å²) in [7, 11) is 1.79. The maximum atomic E-state index is 12.0. The van der Waals surface area contributed by atoms with Crippen molar-refractivity contribution in [2.45, 2.75) is 24.5 Å². The Hall–Kier alpha value is -1.23. The van der Waals surface area contributed by atoms with Gasteiger partial charge in [-0.1, -0.05) is 0 Å². The number of nitrogens with zero attached hydrogens (tertiary/aromatic N) is 1. The Labute approximate surface area is 112 Å². The van der Waals surface area contributed by atoms with Crippen LogP contribution in [0.4, 0.5) is 5.82 Å². The van der Waals surface area contributed by atoms with Gasteiger partial charge >= 0.3 is 0 Å². The molecule has 18 heavy (non-hydrogen) atoms. The zero-order valence-corrected chi connectivity index (χ0v) is 11.6. The molecule has 0 bridgehead atoms. The minimum Gasteiger partial charge on any atom is -0.373 e. The van der Waals surface area contributed by atoms with E-state index in [-0.39, 0.29) is 10.7 Å². The number of nitrogens with one attached hydrogen (secondary N) is 2. The number of thioether (sulfide) groups is 1. The summed E-state index contributed by atoms with van der Waals surface area (Å²) in [5, 5.41) is 5.95. The second-order valence-electron chi connectivity index (χ2n) is 4.76. The molecule has 4 nitrogen and oxygen atoms in total. The fourth-order valence-electron chi connectivity index (χ4n) is 2.05. The van der Waals surface area contributed by atoms with E-state index in [1.807, 2.05) is 11.8 Å². The molecular weight excluding hydrogens is 246 g/mol. The number of carbonyl (C=O) groups excluding carboxylic acids is 1. The third-order valence-electron chi connectivity index (χ3n) is 3.20. The second kappa shape index (κ2) is 5.61. The number of carbonyl (C=O) groups is 1. The highest BCUT2D eigenvalue weighted by Crippen LogP contribution is 2.36. The van der Waals surface area contributed by atoms with Gasteiger partial charge in [0.25, 0.3) is 5.91 Å². The molecule has 1 unspecified atom stereocenters. The molecule has 1 aliphatic heterocycles. The second-order valence-corrected chi connectivity index (χ2v) is 6.45. The fraction of sp³-hybridized carbons (Fsp3) is 0.538. The van der Waals surface area contributed by atoms with Crippen molar-refractivity contribution < 1.29 is 4.79 Å². The minimum atomic E-state index is -0.0253. The van der Waals surface area contributed by atoms with E-state index in [4.69, 9.17) is 0 Å². The molecule has 1 aliphatic rings. The van der Waals surface area contributed by atoms with Gasteiger partial charge in [-0.15, -0.1) is 0 Å². The summed E-state index contributed by atoms with van der Waals surface area (Å²) in [6.45, 7) is 2.95. The van der Waals surface area contributed by atoms with Crippen LogP contribution in [-0.2, 0) is 0 Å². The minimum absolute atomic E-state index is 0.0253. The van der Waals surface area contributed by atoms with E-state index < -0.39 is 0 Å². The number of hydrogen-bond donors (Lipinski definition) is 2. The van der Waals surface area contributed by atoms with Gasteiger partial charge in [0.15, 0.2) is 0 Å². The summed E-state index contributed by atoms with van der Waals surface area (Å²) < 4.78 is 0.203. The molecule has 0 spiro atoms. The van der Waals surface area contributed by atoms with E-state index in [2.05, 4.69) is 22.5 Å². The van der Waals surface area contributed by atoms with Gasteiger partial charge in [-0.2, -0.15) is 11.8 Å². The van der Waals surface area contributed by atoms with Gasteiger partial charge in [0.2, 0.25) is 0 Å². The molecule has 1 atom stereocenters. The Morgan fingerprint density at radius 3 is 3.11 bits per heavy atom. The first-order valence-electron chi connectivity index (χ1n) is 6.19. The lowest BCUT2D eigenvalue weighted by atomic mass is 10.1. The quantitative estimate of drug-likeness (QED) is 0.876. The summed E-state index contributed by atoms with van der Waals surface area (Å²) in [5.74, 6) is 1.89. The van der Waals surface area contributed by atoms with Crippen LogP contribution in [0.2, 0.25) is 0 Å². The number of anilines is 1. The number of rotatable bonds is 4.